The fourth-order valence-corrected chi connectivity index (χ4v) is 2.03. The van der Waals surface area contributed by atoms with Gasteiger partial charge in [-0.3, -0.25) is 0 Å². The van der Waals surface area contributed by atoms with E-state index in [2.05, 4.69) is 34.2 Å². The number of hydrogen-bond donors (Lipinski definition) is 0. The predicted molar refractivity (Wildman–Crippen MR) is 78.6 cm³/mol. The lowest BCUT2D eigenvalue weighted by Crippen LogP contribution is -2.36. The summed E-state index contributed by atoms with van der Waals surface area (Å²) in [6, 6.07) is 16.3. The van der Waals surface area contributed by atoms with Crippen molar-refractivity contribution in [2.75, 3.05) is 18.0 Å². The monoisotopic (exact) mass is 251 g/mol. The topological polar surface area (TPSA) is 28.0 Å². The van der Waals surface area contributed by atoms with Crippen LogP contribution in [0.2, 0.25) is 0 Å². The molecule has 0 saturated carbocycles. The summed E-state index contributed by atoms with van der Waals surface area (Å²) in [6.45, 7) is 4.41. The third-order valence-electron chi connectivity index (χ3n) is 3.39. The van der Waals surface area contributed by atoms with Crippen molar-refractivity contribution in [3.63, 3.8) is 0 Å². The van der Waals surface area contributed by atoms with Gasteiger partial charge in [0.1, 0.15) is 0 Å². The molecular formula is C16H17N3. The zero-order valence-corrected chi connectivity index (χ0v) is 11.1. The van der Waals surface area contributed by atoms with Crippen molar-refractivity contribution in [2.24, 2.45) is 10.2 Å². The molecule has 0 spiro atoms. The Morgan fingerprint density at radius 2 is 1.32 bits per heavy atom. The molecule has 0 unspecified atom stereocenters. The van der Waals surface area contributed by atoms with Crippen LogP contribution < -0.4 is 4.90 Å². The van der Waals surface area contributed by atoms with E-state index in [4.69, 9.17) is 0 Å². The van der Waals surface area contributed by atoms with Gasteiger partial charge in [0.05, 0.1) is 11.4 Å². The van der Waals surface area contributed by atoms with Crippen molar-refractivity contribution in [3.8, 4) is 0 Å². The second-order valence-corrected chi connectivity index (χ2v) is 4.89. The average Bonchev–Trinajstić information content (AvgIpc) is 2.38. The van der Waals surface area contributed by atoms with Crippen molar-refractivity contribution in [2.45, 2.75) is 13.3 Å². The molecule has 0 atom stereocenters. The Kier molecular flexibility index (Phi) is 3.27. The molecule has 2 aromatic rings. The van der Waals surface area contributed by atoms with E-state index in [-0.39, 0.29) is 0 Å². The molecule has 19 heavy (non-hydrogen) atoms. The number of benzene rings is 2. The number of rotatable bonds is 3. The van der Waals surface area contributed by atoms with Crippen LogP contribution in [0.5, 0.6) is 0 Å². The van der Waals surface area contributed by atoms with E-state index < -0.39 is 0 Å². The van der Waals surface area contributed by atoms with Gasteiger partial charge < -0.3 is 4.90 Å². The summed E-state index contributed by atoms with van der Waals surface area (Å²) in [5, 5.41) is 8.49. The zero-order chi connectivity index (χ0) is 13.1. The standard InChI is InChI=1S/C16H17N3/c1-13-3-5-14(6-4-13)17-18-15-7-9-16(10-8-15)19-11-2-12-19/h3-10H,2,11-12H2,1H3. The molecule has 0 aliphatic carbocycles. The first-order chi connectivity index (χ1) is 9.31. The lowest BCUT2D eigenvalue weighted by molar-refractivity contribution is 0.618. The van der Waals surface area contributed by atoms with Crippen LogP contribution in [-0.2, 0) is 0 Å². The van der Waals surface area contributed by atoms with Crippen LogP contribution in [0.1, 0.15) is 12.0 Å². The highest BCUT2D eigenvalue weighted by Gasteiger charge is 2.13. The minimum absolute atomic E-state index is 0.886. The van der Waals surface area contributed by atoms with Gasteiger partial charge in [-0.1, -0.05) is 17.7 Å². The highest BCUT2D eigenvalue weighted by molar-refractivity contribution is 5.54. The molecule has 3 heteroatoms. The molecule has 0 aromatic heterocycles. The van der Waals surface area contributed by atoms with Gasteiger partial charge in [-0.25, -0.2) is 0 Å². The molecule has 0 bridgehead atoms. The highest BCUT2D eigenvalue weighted by Crippen LogP contribution is 2.24. The van der Waals surface area contributed by atoms with E-state index in [9.17, 15) is 0 Å². The number of azo groups is 1. The normalized spacial score (nSPS) is 14.7. The van der Waals surface area contributed by atoms with Crippen molar-refractivity contribution < 1.29 is 0 Å². The average molecular weight is 251 g/mol. The lowest BCUT2D eigenvalue weighted by Gasteiger charge is -2.33. The lowest BCUT2D eigenvalue weighted by atomic mass is 10.2. The molecule has 1 saturated heterocycles. The van der Waals surface area contributed by atoms with Gasteiger partial charge in [0, 0.05) is 18.8 Å². The van der Waals surface area contributed by atoms with Crippen LogP contribution in [0.25, 0.3) is 0 Å². The van der Waals surface area contributed by atoms with Crippen molar-refractivity contribution in [3.05, 3.63) is 54.1 Å². The van der Waals surface area contributed by atoms with E-state index in [1.165, 1.54) is 30.8 Å². The van der Waals surface area contributed by atoms with Gasteiger partial charge in [-0.15, -0.1) is 0 Å². The maximum absolute atomic E-state index is 4.26. The predicted octanol–water partition coefficient (Wildman–Crippen LogP) is 4.62. The quantitative estimate of drug-likeness (QED) is 0.731. The summed E-state index contributed by atoms with van der Waals surface area (Å²) in [5.41, 5.74) is 4.29. The molecule has 1 fully saturated rings. The van der Waals surface area contributed by atoms with Crippen LogP contribution in [0.15, 0.2) is 58.8 Å². The van der Waals surface area contributed by atoms with Gasteiger partial charge >= 0.3 is 0 Å². The molecule has 1 heterocycles. The van der Waals surface area contributed by atoms with Gasteiger partial charge in [0.15, 0.2) is 0 Å². The van der Waals surface area contributed by atoms with Crippen molar-refractivity contribution in [1.29, 1.82) is 0 Å². The summed E-state index contributed by atoms with van der Waals surface area (Å²) in [5.74, 6) is 0. The second kappa shape index (κ2) is 5.22. The highest BCUT2D eigenvalue weighted by atomic mass is 15.2. The number of nitrogens with zero attached hydrogens (tertiary/aromatic N) is 3. The second-order valence-electron chi connectivity index (χ2n) is 4.89. The minimum atomic E-state index is 0.886. The Hall–Kier alpha value is -2.16. The molecular weight excluding hydrogens is 234 g/mol. The van der Waals surface area contributed by atoms with Gasteiger partial charge in [0.2, 0.25) is 0 Å². The SMILES string of the molecule is Cc1ccc(N=Nc2ccc(N3CCC3)cc2)cc1. The molecule has 96 valence electrons. The number of anilines is 1. The molecule has 2 aromatic carbocycles. The first kappa shape index (κ1) is 11.9. The molecule has 3 rings (SSSR count). The molecule has 0 radical (unpaired) electrons. The molecule has 1 aliphatic heterocycles. The molecule has 3 nitrogen and oxygen atoms in total. The van der Waals surface area contributed by atoms with Crippen LogP contribution in [0.4, 0.5) is 17.1 Å². The van der Waals surface area contributed by atoms with E-state index in [0.717, 1.165) is 11.4 Å². The Bertz CT molecular complexity index is 566. The Morgan fingerprint density at radius 1 is 0.789 bits per heavy atom. The minimum Gasteiger partial charge on any atom is -0.371 e. The Morgan fingerprint density at radius 3 is 1.79 bits per heavy atom. The van der Waals surface area contributed by atoms with E-state index in [1.807, 2.05) is 36.4 Å². The Balaban J connectivity index is 1.70. The fourth-order valence-electron chi connectivity index (χ4n) is 2.03. The van der Waals surface area contributed by atoms with Gasteiger partial charge in [-0.05, 0) is 49.7 Å². The molecule has 0 N–H and O–H groups in total. The van der Waals surface area contributed by atoms with E-state index in [1.54, 1.807) is 0 Å². The smallest absolute Gasteiger partial charge is 0.0858 e. The van der Waals surface area contributed by atoms with Crippen LogP contribution in [-0.4, -0.2) is 13.1 Å². The summed E-state index contributed by atoms with van der Waals surface area (Å²) >= 11 is 0. The van der Waals surface area contributed by atoms with Crippen molar-refractivity contribution >= 4 is 17.1 Å². The summed E-state index contributed by atoms with van der Waals surface area (Å²) < 4.78 is 0. The Labute approximate surface area is 113 Å². The fraction of sp³-hybridized carbons (Fsp3) is 0.250. The zero-order valence-electron chi connectivity index (χ0n) is 11.1. The van der Waals surface area contributed by atoms with Crippen molar-refractivity contribution in [1.82, 2.24) is 0 Å². The first-order valence-electron chi connectivity index (χ1n) is 6.65. The third-order valence-corrected chi connectivity index (χ3v) is 3.39. The summed E-state index contributed by atoms with van der Waals surface area (Å²) in [6.07, 6.45) is 1.30. The maximum Gasteiger partial charge on any atom is 0.0858 e. The van der Waals surface area contributed by atoms with E-state index >= 15 is 0 Å². The van der Waals surface area contributed by atoms with Gasteiger partial charge in [0.25, 0.3) is 0 Å². The summed E-state index contributed by atoms with van der Waals surface area (Å²) in [7, 11) is 0. The number of hydrogen-bond acceptors (Lipinski definition) is 3. The maximum atomic E-state index is 4.26. The van der Waals surface area contributed by atoms with Crippen LogP contribution in [0.3, 0.4) is 0 Å². The molecule has 0 amide bonds. The van der Waals surface area contributed by atoms with Crippen LogP contribution >= 0.6 is 0 Å². The van der Waals surface area contributed by atoms with E-state index in [0.29, 0.717) is 0 Å². The number of aryl methyl sites for hydroxylation is 1. The summed E-state index contributed by atoms with van der Waals surface area (Å²) in [4.78, 5) is 2.36. The first-order valence-corrected chi connectivity index (χ1v) is 6.65. The third kappa shape index (κ3) is 2.81. The molecule has 1 aliphatic rings. The van der Waals surface area contributed by atoms with Crippen LogP contribution in [0, 0.1) is 6.92 Å². The largest absolute Gasteiger partial charge is 0.371 e. The van der Waals surface area contributed by atoms with Gasteiger partial charge in [-0.2, -0.15) is 10.2 Å².